The van der Waals surface area contributed by atoms with Crippen LogP contribution < -0.4 is 10.6 Å². The van der Waals surface area contributed by atoms with Gasteiger partial charge in [0.15, 0.2) is 0 Å². The number of carboxylic acid groups (broad SMARTS) is 1. The van der Waals surface area contributed by atoms with Crippen molar-refractivity contribution in [3.05, 3.63) is 0 Å². The molecular weight excluding hydrogens is 200 g/mol. The smallest absolute Gasteiger partial charge is 0.305 e. The summed E-state index contributed by atoms with van der Waals surface area (Å²) in [4.78, 5) is 32.4. The van der Waals surface area contributed by atoms with Gasteiger partial charge in [-0.25, -0.2) is 0 Å². The molecule has 0 aromatic carbocycles. The van der Waals surface area contributed by atoms with Crippen molar-refractivity contribution >= 4 is 17.8 Å². The molecule has 15 heavy (non-hydrogen) atoms. The predicted octanol–water partition coefficient (Wildman–Crippen LogP) is -0.896. The summed E-state index contributed by atoms with van der Waals surface area (Å²) in [6.07, 6.45) is 0.812. The Morgan fingerprint density at radius 1 is 1.53 bits per heavy atom. The monoisotopic (exact) mass is 214 g/mol. The summed E-state index contributed by atoms with van der Waals surface area (Å²) in [5, 5.41) is 13.5. The second-order valence-electron chi connectivity index (χ2n) is 3.47. The van der Waals surface area contributed by atoms with Crippen LogP contribution in [0.5, 0.6) is 0 Å². The first-order valence-electron chi connectivity index (χ1n) is 4.86. The minimum absolute atomic E-state index is 0.0374. The molecule has 2 amide bonds. The highest BCUT2D eigenvalue weighted by atomic mass is 16.4. The minimum atomic E-state index is -0.938. The first-order valence-corrected chi connectivity index (χ1v) is 4.86. The molecule has 1 unspecified atom stereocenters. The van der Waals surface area contributed by atoms with Gasteiger partial charge >= 0.3 is 5.97 Å². The zero-order chi connectivity index (χ0) is 11.3. The number of amides is 2. The molecule has 0 aliphatic carbocycles. The average Bonchev–Trinajstić information content (AvgIpc) is 2.18. The van der Waals surface area contributed by atoms with Crippen molar-refractivity contribution in [2.45, 2.75) is 19.3 Å². The Morgan fingerprint density at radius 2 is 2.27 bits per heavy atom. The van der Waals surface area contributed by atoms with Crippen LogP contribution in [0.4, 0.5) is 0 Å². The van der Waals surface area contributed by atoms with E-state index >= 15 is 0 Å². The maximum absolute atomic E-state index is 11.4. The van der Waals surface area contributed by atoms with E-state index in [-0.39, 0.29) is 30.7 Å². The van der Waals surface area contributed by atoms with E-state index in [2.05, 4.69) is 10.6 Å². The van der Waals surface area contributed by atoms with Crippen LogP contribution in [0.3, 0.4) is 0 Å². The highest BCUT2D eigenvalue weighted by molar-refractivity contribution is 5.83. The van der Waals surface area contributed by atoms with Gasteiger partial charge in [0.25, 0.3) is 0 Å². The highest BCUT2D eigenvalue weighted by Gasteiger charge is 2.23. The third kappa shape index (κ3) is 3.97. The quantitative estimate of drug-likeness (QED) is 0.565. The van der Waals surface area contributed by atoms with Crippen LogP contribution in [0.25, 0.3) is 0 Å². The van der Waals surface area contributed by atoms with Crippen LogP contribution in [0.1, 0.15) is 19.3 Å². The van der Waals surface area contributed by atoms with E-state index in [4.69, 9.17) is 5.11 Å². The summed E-state index contributed by atoms with van der Waals surface area (Å²) >= 11 is 0. The van der Waals surface area contributed by atoms with E-state index in [1.54, 1.807) is 0 Å². The lowest BCUT2D eigenvalue weighted by Gasteiger charge is -2.21. The molecule has 1 fully saturated rings. The number of carbonyl (C=O) groups is 3. The summed E-state index contributed by atoms with van der Waals surface area (Å²) in [5.74, 6) is -1.38. The van der Waals surface area contributed by atoms with Crippen molar-refractivity contribution in [2.24, 2.45) is 5.92 Å². The third-order valence-corrected chi connectivity index (χ3v) is 2.27. The van der Waals surface area contributed by atoms with Gasteiger partial charge in [0.05, 0.1) is 12.3 Å². The largest absolute Gasteiger partial charge is 0.481 e. The van der Waals surface area contributed by atoms with Gasteiger partial charge < -0.3 is 15.7 Å². The molecule has 6 heteroatoms. The van der Waals surface area contributed by atoms with E-state index in [1.807, 2.05) is 0 Å². The average molecular weight is 214 g/mol. The molecule has 0 aromatic rings. The molecule has 1 aliphatic heterocycles. The Balaban J connectivity index is 2.22. The van der Waals surface area contributed by atoms with Gasteiger partial charge in [-0.1, -0.05) is 0 Å². The summed E-state index contributed by atoms with van der Waals surface area (Å²) in [5.41, 5.74) is 0. The molecule has 1 rings (SSSR count). The molecule has 0 bridgehead atoms. The van der Waals surface area contributed by atoms with Gasteiger partial charge in [0, 0.05) is 19.5 Å². The standard InChI is InChI=1S/C9H14N2O4/c12-7-2-1-6(5-11-7)9(15)10-4-3-8(13)14/h6H,1-5H2,(H,10,15)(H,11,12)(H,13,14). The number of hydrogen-bond donors (Lipinski definition) is 3. The minimum Gasteiger partial charge on any atom is -0.481 e. The zero-order valence-corrected chi connectivity index (χ0v) is 8.28. The van der Waals surface area contributed by atoms with E-state index < -0.39 is 5.97 Å². The fraction of sp³-hybridized carbons (Fsp3) is 0.667. The number of nitrogens with one attached hydrogen (secondary N) is 2. The Bertz CT molecular complexity index is 267. The van der Waals surface area contributed by atoms with Crippen LogP contribution in [0.2, 0.25) is 0 Å². The van der Waals surface area contributed by atoms with E-state index in [0.29, 0.717) is 19.4 Å². The second kappa shape index (κ2) is 5.33. The molecular formula is C9H14N2O4. The molecule has 1 heterocycles. The summed E-state index contributed by atoms with van der Waals surface area (Å²) in [6, 6.07) is 0. The number of piperidine rings is 1. The van der Waals surface area contributed by atoms with E-state index in [1.165, 1.54) is 0 Å². The molecule has 3 N–H and O–H groups in total. The molecule has 0 radical (unpaired) electrons. The van der Waals surface area contributed by atoms with Crippen molar-refractivity contribution < 1.29 is 19.5 Å². The van der Waals surface area contributed by atoms with E-state index in [9.17, 15) is 14.4 Å². The lowest BCUT2D eigenvalue weighted by Crippen LogP contribution is -2.43. The van der Waals surface area contributed by atoms with E-state index in [0.717, 1.165) is 0 Å². The second-order valence-corrected chi connectivity index (χ2v) is 3.47. The molecule has 1 aliphatic rings. The molecule has 1 saturated heterocycles. The third-order valence-electron chi connectivity index (χ3n) is 2.27. The lowest BCUT2D eigenvalue weighted by molar-refractivity contribution is -0.137. The molecule has 0 spiro atoms. The van der Waals surface area contributed by atoms with Crippen molar-refractivity contribution in [3.8, 4) is 0 Å². The Morgan fingerprint density at radius 3 is 2.80 bits per heavy atom. The van der Waals surface area contributed by atoms with Crippen LogP contribution in [-0.2, 0) is 14.4 Å². The molecule has 0 aromatic heterocycles. The number of aliphatic carboxylic acids is 1. The fourth-order valence-electron chi connectivity index (χ4n) is 1.39. The maximum atomic E-state index is 11.4. The van der Waals surface area contributed by atoms with Crippen molar-refractivity contribution in [3.63, 3.8) is 0 Å². The summed E-state index contributed by atoms with van der Waals surface area (Å²) < 4.78 is 0. The maximum Gasteiger partial charge on any atom is 0.305 e. The van der Waals surface area contributed by atoms with Crippen LogP contribution in [0.15, 0.2) is 0 Å². The predicted molar refractivity (Wildman–Crippen MR) is 51.0 cm³/mol. The number of hydrogen-bond acceptors (Lipinski definition) is 3. The van der Waals surface area contributed by atoms with Crippen molar-refractivity contribution in [1.29, 1.82) is 0 Å². The van der Waals surface area contributed by atoms with Crippen LogP contribution >= 0.6 is 0 Å². The Hall–Kier alpha value is -1.59. The first-order chi connectivity index (χ1) is 7.09. The van der Waals surface area contributed by atoms with Gasteiger partial charge in [0.1, 0.15) is 0 Å². The summed E-state index contributed by atoms with van der Waals surface area (Å²) in [6.45, 7) is 0.482. The molecule has 84 valence electrons. The zero-order valence-electron chi connectivity index (χ0n) is 8.28. The van der Waals surface area contributed by atoms with Crippen LogP contribution in [0, 0.1) is 5.92 Å². The number of carbonyl (C=O) groups excluding carboxylic acids is 2. The van der Waals surface area contributed by atoms with Gasteiger partial charge in [0.2, 0.25) is 11.8 Å². The van der Waals surface area contributed by atoms with Gasteiger partial charge in [-0.3, -0.25) is 14.4 Å². The number of carboxylic acids is 1. The van der Waals surface area contributed by atoms with Crippen molar-refractivity contribution in [2.75, 3.05) is 13.1 Å². The summed E-state index contributed by atoms with van der Waals surface area (Å²) in [7, 11) is 0. The number of rotatable bonds is 4. The van der Waals surface area contributed by atoms with Crippen molar-refractivity contribution in [1.82, 2.24) is 10.6 Å². The molecule has 0 saturated carbocycles. The highest BCUT2D eigenvalue weighted by Crippen LogP contribution is 2.10. The SMILES string of the molecule is O=C(O)CCNC(=O)C1CCC(=O)NC1. The molecule has 6 nitrogen and oxygen atoms in total. The van der Waals surface area contributed by atoms with Gasteiger partial charge in [-0.2, -0.15) is 0 Å². The van der Waals surface area contributed by atoms with Gasteiger partial charge in [-0.15, -0.1) is 0 Å². The Kier molecular flexibility index (Phi) is 4.08. The van der Waals surface area contributed by atoms with Gasteiger partial charge in [-0.05, 0) is 6.42 Å². The topological polar surface area (TPSA) is 95.5 Å². The fourth-order valence-corrected chi connectivity index (χ4v) is 1.39. The molecule has 1 atom stereocenters. The van der Waals surface area contributed by atoms with Crippen LogP contribution in [-0.4, -0.2) is 36.0 Å². The Labute approximate surface area is 87.0 Å². The first kappa shape index (κ1) is 11.5. The lowest BCUT2D eigenvalue weighted by atomic mass is 9.98. The normalized spacial score (nSPS) is 20.5.